The van der Waals surface area contributed by atoms with Gasteiger partial charge in [-0.15, -0.1) is 0 Å². The number of hydrogen-bond donors (Lipinski definition) is 1. The van der Waals surface area contributed by atoms with E-state index in [2.05, 4.69) is 10.2 Å². The lowest BCUT2D eigenvalue weighted by atomic mass is 9.97. The van der Waals surface area contributed by atoms with E-state index in [0.29, 0.717) is 17.7 Å². The van der Waals surface area contributed by atoms with Gasteiger partial charge in [0.05, 0.1) is 13.2 Å². The van der Waals surface area contributed by atoms with E-state index in [1.54, 1.807) is 0 Å². The molecule has 0 aromatic heterocycles. The van der Waals surface area contributed by atoms with Crippen molar-refractivity contribution in [2.45, 2.75) is 12.8 Å². The third-order valence-electron chi connectivity index (χ3n) is 4.24. The standard InChI is InChI=1S/C12H20N2O2/c15-12(9-1-3-13-4-2-9)14-5-10-7-16-8-11(10)6-14/h9-11,13H,1-8H2/t10-,11+. The van der Waals surface area contributed by atoms with Gasteiger partial charge < -0.3 is 15.0 Å². The highest BCUT2D eigenvalue weighted by Gasteiger charge is 2.40. The van der Waals surface area contributed by atoms with Crippen molar-refractivity contribution in [2.24, 2.45) is 17.8 Å². The molecule has 3 aliphatic rings. The zero-order valence-corrected chi connectivity index (χ0v) is 9.65. The van der Waals surface area contributed by atoms with Crippen LogP contribution >= 0.6 is 0 Å². The molecule has 3 fully saturated rings. The molecule has 90 valence electrons. The van der Waals surface area contributed by atoms with Gasteiger partial charge in [-0.25, -0.2) is 0 Å². The first-order valence-electron chi connectivity index (χ1n) is 6.42. The summed E-state index contributed by atoms with van der Waals surface area (Å²) in [7, 11) is 0. The van der Waals surface area contributed by atoms with Gasteiger partial charge in [-0.05, 0) is 25.9 Å². The lowest BCUT2D eigenvalue weighted by Gasteiger charge is -2.27. The first-order chi connectivity index (χ1) is 7.84. The second-order valence-electron chi connectivity index (χ2n) is 5.33. The van der Waals surface area contributed by atoms with Crippen LogP contribution in [0.15, 0.2) is 0 Å². The molecule has 0 saturated carbocycles. The fraction of sp³-hybridized carbons (Fsp3) is 0.917. The minimum absolute atomic E-state index is 0.279. The van der Waals surface area contributed by atoms with Crippen molar-refractivity contribution in [1.82, 2.24) is 10.2 Å². The molecule has 3 saturated heterocycles. The molecule has 0 aromatic carbocycles. The molecular formula is C12H20N2O2. The molecule has 3 heterocycles. The third-order valence-corrected chi connectivity index (χ3v) is 4.24. The van der Waals surface area contributed by atoms with E-state index in [9.17, 15) is 4.79 Å². The molecule has 1 amide bonds. The molecule has 4 heteroatoms. The molecule has 0 spiro atoms. The fourth-order valence-corrected chi connectivity index (χ4v) is 3.19. The molecular weight excluding hydrogens is 204 g/mol. The van der Waals surface area contributed by atoms with Crippen molar-refractivity contribution in [3.05, 3.63) is 0 Å². The minimum atomic E-state index is 0.279. The maximum absolute atomic E-state index is 12.3. The minimum Gasteiger partial charge on any atom is -0.381 e. The van der Waals surface area contributed by atoms with Gasteiger partial charge >= 0.3 is 0 Å². The van der Waals surface area contributed by atoms with E-state index in [-0.39, 0.29) is 5.92 Å². The van der Waals surface area contributed by atoms with E-state index < -0.39 is 0 Å². The van der Waals surface area contributed by atoms with Crippen molar-refractivity contribution in [3.8, 4) is 0 Å². The van der Waals surface area contributed by atoms with Crippen molar-refractivity contribution in [3.63, 3.8) is 0 Å². The van der Waals surface area contributed by atoms with Crippen molar-refractivity contribution in [2.75, 3.05) is 39.4 Å². The summed E-state index contributed by atoms with van der Waals surface area (Å²) in [5.74, 6) is 1.91. The first-order valence-corrected chi connectivity index (χ1v) is 6.42. The molecule has 2 atom stereocenters. The number of carbonyl (C=O) groups is 1. The summed E-state index contributed by atoms with van der Waals surface area (Å²) in [4.78, 5) is 14.4. The van der Waals surface area contributed by atoms with Crippen molar-refractivity contribution in [1.29, 1.82) is 0 Å². The van der Waals surface area contributed by atoms with Crippen LogP contribution < -0.4 is 5.32 Å². The maximum Gasteiger partial charge on any atom is 0.225 e. The highest BCUT2D eigenvalue weighted by molar-refractivity contribution is 5.79. The highest BCUT2D eigenvalue weighted by atomic mass is 16.5. The number of likely N-dealkylation sites (tertiary alicyclic amines) is 1. The number of rotatable bonds is 1. The molecule has 1 N–H and O–H groups in total. The Kier molecular flexibility index (Phi) is 2.86. The Labute approximate surface area is 96.3 Å². The topological polar surface area (TPSA) is 41.6 Å². The summed E-state index contributed by atoms with van der Waals surface area (Å²) in [6.45, 7) is 5.60. The normalized spacial score (nSPS) is 35.4. The monoisotopic (exact) mass is 224 g/mol. The Morgan fingerprint density at radius 2 is 1.75 bits per heavy atom. The van der Waals surface area contributed by atoms with E-state index in [0.717, 1.165) is 52.2 Å². The molecule has 0 aliphatic carbocycles. The summed E-state index contributed by atoms with van der Waals surface area (Å²) in [6.07, 6.45) is 2.03. The second kappa shape index (κ2) is 4.34. The van der Waals surface area contributed by atoms with E-state index in [1.165, 1.54) is 0 Å². The Morgan fingerprint density at radius 1 is 1.12 bits per heavy atom. The molecule has 16 heavy (non-hydrogen) atoms. The van der Waals surface area contributed by atoms with Crippen LogP contribution in [0.2, 0.25) is 0 Å². The summed E-state index contributed by atoms with van der Waals surface area (Å²) in [6, 6.07) is 0. The summed E-state index contributed by atoms with van der Waals surface area (Å²) in [5.41, 5.74) is 0. The Bertz CT molecular complexity index is 264. The largest absolute Gasteiger partial charge is 0.381 e. The SMILES string of the molecule is O=C(C1CCNCC1)N1C[C@H]2COC[C@H]2C1. The molecule has 0 unspecified atom stereocenters. The summed E-state index contributed by atoms with van der Waals surface area (Å²) in [5, 5.41) is 3.31. The molecule has 0 radical (unpaired) electrons. The fourth-order valence-electron chi connectivity index (χ4n) is 3.19. The Balaban J connectivity index is 1.59. The number of amides is 1. The number of nitrogens with zero attached hydrogens (tertiary/aromatic N) is 1. The zero-order chi connectivity index (χ0) is 11.0. The summed E-state index contributed by atoms with van der Waals surface area (Å²) < 4.78 is 5.44. The van der Waals surface area contributed by atoms with E-state index in [4.69, 9.17) is 4.74 Å². The van der Waals surface area contributed by atoms with Crippen LogP contribution in [0.5, 0.6) is 0 Å². The predicted molar refractivity (Wildman–Crippen MR) is 60.0 cm³/mol. The van der Waals surface area contributed by atoms with Gasteiger partial charge in [0, 0.05) is 30.8 Å². The first kappa shape index (κ1) is 10.5. The second-order valence-corrected chi connectivity index (χ2v) is 5.33. The van der Waals surface area contributed by atoms with E-state index >= 15 is 0 Å². The van der Waals surface area contributed by atoms with Crippen LogP contribution in [0, 0.1) is 17.8 Å². The molecule has 0 bridgehead atoms. The van der Waals surface area contributed by atoms with E-state index in [1.807, 2.05) is 0 Å². The van der Waals surface area contributed by atoms with Gasteiger partial charge in [0.2, 0.25) is 5.91 Å². The van der Waals surface area contributed by atoms with Crippen LogP contribution in [-0.4, -0.2) is 50.2 Å². The Morgan fingerprint density at radius 3 is 2.38 bits per heavy atom. The van der Waals surface area contributed by atoms with Gasteiger partial charge in [-0.2, -0.15) is 0 Å². The van der Waals surface area contributed by atoms with Crippen LogP contribution in [0.25, 0.3) is 0 Å². The number of ether oxygens (including phenoxy) is 1. The summed E-state index contributed by atoms with van der Waals surface area (Å²) >= 11 is 0. The quantitative estimate of drug-likeness (QED) is 0.686. The number of nitrogens with one attached hydrogen (secondary N) is 1. The average Bonchev–Trinajstić information content (AvgIpc) is 2.89. The zero-order valence-electron chi connectivity index (χ0n) is 9.65. The van der Waals surface area contributed by atoms with Gasteiger partial charge in [0.15, 0.2) is 0 Å². The molecule has 4 nitrogen and oxygen atoms in total. The van der Waals surface area contributed by atoms with Gasteiger partial charge in [0.25, 0.3) is 0 Å². The maximum atomic E-state index is 12.3. The number of fused-ring (bicyclic) bond motifs is 1. The number of hydrogen-bond acceptors (Lipinski definition) is 3. The van der Waals surface area contributed by atoms with Gasteiger partial charge in [0.1, 0.15) is 0 Å². The van der Waals surface area contributed by atoms with Crippen molar-refractivity contribution >= 4 is 5.91 Å². The number of carbonyl (C=O) groups excluding carboxylic acids is 1. The van der Waals surface area contributed by atoms with Crippen LogP contribution in [0.4, 0.5) is 0 Å². The highest BCUT2D eigenvalue weighted by Crippen LogP contribution is 2.30. The Hall–Kier alpha value is -0.610. The van der Waals surface area contributed by atoms with Gasteiger partial charge in [-0.1, -0.05) is 0 Å². The smallest absolute Gasteiger partial charge is 0.225 e. The molecule has 3 aliphatic heterocycles. The average molecular weight is 224 g/mol. The number of piperidine rings is 1. The van der Waals surface area contributed by atoms with Crippen molar-refractivity contribution < 1.29 is 9.53 Å². The predicted octanol–water partition coefficient (Wildman–Crippen LogP) is 0.0908. The lowest BCUT2D eigenvalue weighted by molar-refractivity contribution is -0.135. The van der Waals surface area contributed by atoms with Gasteiger partial charge in [-0.3, -0.25) is 4.79 Å². The third kappa shape index (κ3) is 1.84. The van der Waals surface area contributed by atoms with Crippen LogP contribution in [0.1, 0.15) is 12.8 Å². The van der Waals surface area contributed by atoms with Crippen LogP contribution in [-0.2, 0) is 9.53 Å². The molecule has 0 aromatic rings. The lowest BCUT2D eigenvalue weighted by Crippen LogP contribution is -2.40. The molecule has 3 rings (SSSR count). The van der Waals surface area contributed by atoms with Crippen LogP contribution in [0.3, 0.4) is 0 Å².